The number of unbranched alkanes of at least 4 members (excludes halogenated alkanes) is 10. The highest BCUT2D eigenvalue weighted by Crippen LogP contribution is 2.38. The third kappa shape index (κ3) is 13.2. The molecule has 3 rings (SSSR count). The minimum absolute atomic E-state index is 0.173. The lowest BCUT2D eigenvalue weighted by Crippen LogP contribution is -2.28. The molecular weight excluding hydrogens is 558 g/mol. The summed E-state index contributed by atoms with van der Waals surface area (Å²) in [6.07, 6.45) is 17.0. The van der Waals surface area contributed by atoms with Crippen LogP contribution in [-0.4, -0.2) is 36.5 Å². The van der Waals surface area contributed by atoms with Crippen LogP contribution in [0.4, 0.5) is 8.78 Å². The molecule has 6 heteroatoms. The van der Waals surface area contributed by atoms with Gasteiger partial charge in [0.25, 0.3) is 0 Å². The molecule has 2 aliphatic carbocycles. The molecule has 0 unspecified atom stereocenters. The van der Waals surface area contributed by atoms with Crippen molar-refractivity contribution in [3.8, 4) is 0 Å². The van der Waals surface area contributed by atoms with Crippen LogP contribution >= 0.6 is 0 Å². The van der Waals surface area contributed by atoms with Crippen LogP contribution in [0.5, 0.6) is 0 Å². The quantitative estimate of drug-likeness (QED) is 0.108. The minimum Gasteiger partial charge on any atom is -0.460 e. The number of rotatable bonds is 20. The van der Waals surface area contributed by atoms with Gasteiger partial charge in [-0.15, -0.1) is 0 Å². The Morgan fingerprint density at radius 3 is 1.23 bits per heavy atom. The molecule has 2 saturated carbocycles. The van der Waals surface area contributed by atoms with Crippen LogP contribution in [0, 0.1) is 0 Å². The van der Waals surface area contributed by atoms with Gasteiger partial charge in [-0.25, -0.2) is 18.4 Å². The topological polar surface area (TPSA) is 52.6 Å². The molecule has 0 saturated heterocycles. The first kappa shape index (κ1) is 36.5. The lowest BCUT2D eigenvalue weighted by molar-refractivity contribution is -0.157. The predicted octanol–water partition coefficient (Wildman–Crippen LogP) is 11.0. The van der Waals surface area contributed by atoms with Crippen LogP contribution < -0.4 is 0 Å². The highest BCUT2D eigenvalue weighted by molar-refractivity contribution is 5.75. The van der Waals surface area contributed by atoms with Crippen LogP contribution in [0.15, 0.2) is 24.3 Å². The van der Waals surface area contributed by atoms with Crippen molar-refractivity contribution in [3.05, 3.63) is 35.4 Å². The van der Waals surface area contributed by atoms with E-state index in [9.17, 15) is 18.4 Å². The lowest BCUT2D eigenvalue weighted by atomic mass is 9.80. The largest absolute Gasteiger partial charge is 0.460 e. The summed E-state index contributed by atoms with van der Waals surface area (Å²) >= 11 is 0. The van der Waals surface area contributed by atoms with Crippen molar-refractivity contribution in [1.82, 2.24) is 0 Å². The Bertz CT molecular complexity index is 844. The van der Waals surface area contributed by atoms with E-state index in [1.807, 2.05) is 0 Å². The number of ether oxygens (including phenoxy) is 2. The standard InChI is InChI=1S/C38H60F2O4/c1-3-5-7-9-11-13-15-35(39)37(41)43-33-25-21-31(22-26-33)29-17-19-30(20-18-29)32-23-27-34(28-24-32)44-38(42)36(40)16-14-12-10-8-6-4-2/h17-20,31-36H,3-16,21-28H2,1-2H3/t31?,32?,33?,34?,35-,36-/m0/s1. The summed E-state index contributed by atoms with van der Waals surface area (Å²) < 4.78 is 39.8. The van der Waals surface area contributed by atoms with Gasteiger partial charge in [0.2, 0.25) is 0 Å². The Morgan fingerprint density at radius 2 is 0.886 bits per heavy atom. The van der Waals surface area contributed by atoms with E-state index in [0.29, 0.717) is 11.8 Å². The molecule has 1 aromatic carbocycles. The van der Waals surface area contributed by atoms with E-state index in [2.05, 4.69) is 38.1 Å². The molecule has 0 amide bonds. The summed E-state index contributed by atoms with van der Waals surface area (Å²) in [5, 5.41) is 0. The summed E-state index contributed by atoms with van der Waals surface area (Å²) in [6.45, 7) is 4.35. The van der Waals surface area contributed by atoms with E-state index >= 15 is 0 Å². The van der Waals surface area contributed by atoms with Gasteiger partial charge in [-0.3, -0.25) is 0 Å². The van der Waals surface area contributed by atoms with E-state index < -0.39 is 24.3 Å². The maximum absolute atomic E-state index is 14.3. The van der Waals surface area contributed by atoms with Crippen molar-refractivity contribution < 1.29 is 27.8 Å². The van der Waals surface area contributed by atoms with Crippen molar-refractivity contribution in [1.29, 1.82) is 0 Å². The fourth-order valence-corrected chi connectivity index (χ4v) is 6.99. The maximum atomic E-state index is 14.3. The Balaban J connectivity index is 1.30. The van der Waals surface area contributed by atoms with Gasteiger partial charge >= 0.3 is 11.9 Å². The minimum atomic E-state index is -1.50. The monoisotopic (exact) mass is 618 g/mol. The Morgan fingerprint density at radius 1 is 0.568 bits per heavy atom. The molecule has 0 aliphatic heterocycles. The lowest BCUT2D eigenvalue weighted by Gasteiger charge is -2.30. The molecular formula is C38H60F2O4. The van der Waals surface area contributed by atoms with Gasteiger partial charge in [-0.2, -0.15) is 0 Å². The van der Waals surface area contributed by atoms with E-state index in [1.54, 1.807) is 0 Å². The van der Waals surface area contributed by atoms with E-state index in [0.717, 1.165) is 89.9 Å². The third-order valence-electron chi connectivity index (χ3n) is 9.93. The average molecular weight is 619 g/mol. The zero-order valence-electron chi connectivity index (χ0n) is 27.7. The summed E-state index contributed by atoms with van der Waals surface area (Å²) in [5.74, 6) is -0.478. The van der Waals surface area contributed by atoms with Crippen LogP contribution in [0.25, 0.3) is 0 Å². The molecule has 2 atom stereocenters. The first-order valence-electron chi connectivity index (χ1n) is 18.2. The Labute approximate surface area is 266 Å². The SMILES string of the molecule is CCCCCCCC[C@H](F)C(=O)OC1CCC(c2ccc(C3CCC(OC(=O)[C@@H](F)CCCCCCCC)CC3)cc2)CC1. The molecule has 44 heavy (non-hydrogen) atoms. The number of halogens is 2. The van der Waals surface area contributed by atoms with Gasteiger partial charge in [0.15, 0.2) is 12.3 Å². The number of hydrogen-bond acceptors (Lipinski definition) is 4. The second-order valence-electron chi connectivity index (χ2n) is 13.5. The highest BCUT2D eigenvalue weighted by atomic mass is 19.1. The van der Waals surface area contributed by atoms with Gasteiger partial charge < -0.3 is 9.47 Å². The molecule has 0 radical (unpaired) electrons. The average Bonchev–Trinajstić information content (AvgIpc) is 3.05. The van der Waals surface area contributed by atoms with Gasteiger partial charge in [0.1, 0.15) is 12.2 Å². The van der Waals surface area contributed by atoms with Crippen molar-refractivity contribution in [2.75, 3.05) is 0 Å². The molecule has 2 aliphatic rings. The Kier molecular flexibility index (Phi) is 17.4. The fraction of sp³-hybridized carbons (Fsp3) is 0.789. The first-order chi connectivity index (χ1) is 21.4. The smallest absolute Gasteiger partial charge is 0.340 e. The number of benzene rings is 1. The second kappa shape index (κ2) is 20.9. The van der Waals surface area contributed by atoms with Gasteiger partial charge in [-0.1, -0.05) is 102 Å². The van der Waals surface area contributed by atoms with Crippen LogP contribution in [0.2, 0.25) is 0 Å². The zero-order chi connectivity index (χ0) is 31.6. The number of carbonyl (C=O) groups excluding carboxylic acids is 2. The number of carbonyl (C=O) groups is 2. The third-order valence-corrected chi connectivity index (χ3v) is 9.93. The molecule has 0 N–H and O–H groups in total. The van der Waals surface area contributed by atoms with Crippen LogP contribution in [0.1, 0.15) is 178 Å². The zero-order valence-corrected chi connectivity index (χ0v) is 27.7. The molecule has 0 aromatic heterocycles. The normalized spacial score (nSPS) is 23.5. The van der Waals surface area contributed by atoms with Crippen molar-refractivity contribution in [2.45, 2.75) is 191 Å². The molecule has 2 fully saturated rings. The number of alkyl halides is 2. The number of hydrogen-bond donors (Lipinski definition) is 0. The molecule has 0 heterocycles. The number of esters is 2. The molecule has 4 nitrogen and oxygen atoms in total. The summed E-state index contributed by atoms with van der Waals surface area (Å²) in [5.41, 5.74) is 2.62. The maximum Gasteiger partial charge on any atom is 0.340 e. The van der Waals surface area contributed by atoms with Crippen molar-refractivity contribution in [3.63, 3.8) is 0 Å². The van der Waals surface area contributed by atoms with Gasteiger partial charge in [-0.05, 0) is 100 Å². The van der Waals surface area contributed by atoms with Crippen molar-refractivity contribution in [2.24, 2.45) is 0 Å². The Hall–Kier alpha value is -1.98. The highest BCUT2D eigenvalue weighted by Gasteiger charge is 2.30. The van der Waals surface area contributed by atoms with Gasteiger partial charge in [0, 0.05) is 0 Å². The van der Waals surface area contributed by atoms with E-state index in [-0.39, 0.29) is 25.0 Å². The van der Waals surface area contributed by atoms with Crippen LogP contribution in [-0.2, 0) is 19.1 Å². The van der Waals surface area contributed by atoms with E-state index in [1.165, 1.54) is 49.7 Å². The molecule has 1 aromatic rings. The summed E-state index contributed by atoms with van der Waals surface area (Å²) in [4.78, 5) is 24.5. The fourth-order valence-electron chi connectivity index (χ4n) is 6.99. The molecule has 0 bridgehead atoms. The summed E-state index contributed by atoms with van der Waals surface area (Å²) in [6, 6.07) is 8.91. The first-order valence-corrected chi connectivity index (χ1v) is 18.2. The molecule has 250 valence electrons. The predicted molar refractivity (Wildman–Crippen MR) is 174 cm³/mol. The second-order valence-corrected chi connectivity index (χ2v) is 13.5. The molecule has 0 spiro atoms. The van der Waals surface area contributed by atoms with Crippen LogP contribution in [0.3, 0.4) is 0 Å². The van der Waals surface area contributed by atoms with Crippen molar-refractivity contribution >= 4 is 11.9 Å². The summed E-state index contributed by atoms with van der Waals surface area (Å²) in [7, 11) is 0. The van der Waals surface area contributed by atoms with Gasteiger partial charge in [0.05, 0.1) is 0 Å². The van der Waals surface area contributed by atoms with E-state index in [4.69, 9.17) is 9.47 Å².